The van der Waals surface area contributed by atoms with Gasteiger partial charge in [-0.05, 0) is 49.1 Å². The number of sulfonamides is 1. The summed E-state index contributed by atoms with van der Waals surface area (Å²) in [6.45, 7) is 0.125. The summed E-state index contributed by atoms with van der Waals surface area (Å²) in [6.07, 6.45) is -3.50. The molecule has 0 aliphatic carbocycles. The summed E-state index contributed by atoms with van der Waals surface area (Å²) in [5.74, 6) is -2.13. The number of amides is 1. The van der Waals surface area contributed by atoms with Gasteiger partial charge in [0, 0.05) is 25.2 Å². The van der Waals surface area contributed by atoms with Crippen LogP contribution >= 0.6 is 0 Å². The van der Waals surface area contributed by atoms with Gasteiger partial charge in [-0.3, -0.25) is 9.10 Å². The quantitative estimate of drug-likeness (QED) is 0.732. The standard InChI is InChI=1S/C21H21F3N2O3S/c22-21(23,24)17-7-4-11-25(14-17)20(27)16-6-3-8-18(13-16)30(28,29)26-12-10-15-5-1-2-9-19(15)26/h1-3,5-6,8-9,13,17H,4,7,10-12,14H2/t17-/m0/s1. The smallest absolute Gasteiger partial charge is 0.338 e. The van der Waals surface area contributed by atoms with Gasteiger partial charge in [-0.15, -0.1) is 0 Å². The third-order valence-electron chi connectivity index (χ3n) is 5.69. The van der Waals surface area contributed by atoms with Crippen molar-refractivity contribution in [1.82, 2.24) is 4.90 Å². The van der Waals surface area contributed by atoms with Gasteiger partial charge in [-0.1, -0.05) is 24.3 Å². The number of piperidine rings is 1. The van der Waals surface area contributed by atoms with Crippen LogP contribution < -0.4 is 4.31 Å². The van der Waals surface area contributed by atoms with E-state index in [0.29, 0.717) is 18.7 Å². The van der Waals surface area contributed by atoms with E-state index >= 15 is 0 Å². The fourth-order valence-corrected chi connectivity index (χ4v) is 5.64. The molecule has 5 nitrogen and oxygen atoms in total. The van der Waals surface area contributed by atoms with Crippen LogP contribution in [0.25, 0.3) is 0 Å². The molecule has 2 aromatic carbocycles. The molecule has 2 aliphatic heterocycles. The highest BCUT2D eigenvalue weighted by Gasteiger charge is 2.43. The van der Waals surface area contributed by atoms with E-state index in [-0.39, 0.29) is 29.8 Å². The topological polar surface area (TPSA) is 57.7 Å². The van der Waals surface area contributed by atoms with Crippen LogP contribution in [-0.2, 0) is 16.4 Å². The molecule has 2 aliphatic rings. The van der Waals surface area contributed by atoms with Gasteiger partial charge >= 0.3 is 6.18 Å². The Morgan fingerprint density at radius 1 is 1.03 bits per heavy atom. The lowest BCUT2D eigenvalue weighted by Gasteiger charge is -2.33. The molecule has 30 heavy (non-hydrogen) atoms. The molecule has 9 heteroatoms. The molecule has 1 saturated heterocycles. The first-order chi connectivity index (χ1) is 14.2. The van der Waals surface area contributed by atoms with Gasteiger partial charge in [0.15, 0.2) is 0 Å². The minimum Gasteiger partial charge on any atom is -0.338 e. The molecule has 1 fully saturated rings. The largest absolute Gasteiger partial charge is 0.393 e. The monoisotopic (exact) mass is 438 g/mol. The number of anilines is 1. The Morgan fingerprint density at radius 3 is 2.57 bits per heavy atom. The van der Waals surface area contributed by atoms with Crippen LogP contribution in [0.15, 0.2) is 53.4 Å². The van der Waals surface area contributed by atoms with E-state index in [9.17, 15) is 26.4 Å². The fourth-order valence-electron chi connectivity index (χ4n) is 4.09. The second-order valence-electron chi connectivity index (χ2n) is 7.62. The number of carbonyl (C=O) groups is 1. The fraction of sp³-hybridized carbons (Fsp3) is 0.381. The van der Waals surface area contributed by atoms with Crippen molar-refractivity contribution in [1.29, 1.82) is 0 Å². The maximum atomic E-state index is 13.2. The summed E-state index contributed by atoms with van der Waals surface area (Å²) in [5, 5.41) is 0. The molecule has 0 radical (unpaired) electrons. The number of likely N-dealkylation sites (tertiary alicyclic amines) is 1. The number of alkyl halides is 3. The summed E-state index contributed by atoms with van der Waals surface area (Å²) in [5.41, 5.74) is 1.62. The molecule has 2 aromatic rings. The molecule has 1 atom stereocenters. The van der Waals surface area contributed by atoms with Crippen molar-refractivity contribution in [3.05, 3.63) is 59.7 Å². The minimum atomic E-state index is -4.35. The van der Waals surface area contributed by atoms with Gasteiger partial charge in [-0.25, -0.2) is 8.42 Å². The zero-order chi connectivity index (χ0) is 21.5. The van der Waals surface area contributed by atoms with Gasteiger partial charge in [-0.2, -0.15) is 13.2 Å². The first-order valence-electron chi connectivity index (χ1n) is 9.74. The highest BCUT2D eigenvalue weighted by molar-refractivity contribution is 7.92. The Bertz CT molecular complexity index is 1070. The third-order valence-corrected chi connectivity index (χ3v) is 7.49. The van der Waals surface area contributed by atoms with Gasteiger partial charge in [0.2, 0.25) is 0 Å². The molecule has 0 aromatic heterocycles. The van der Waals surface area contributed by atoms with Crippen molar-refractivity contribution in [2.45, 2.75) is 30.3 Å². The summed E-state index contributed by atoms with van der Waals surface area (Å²) >= 11 is 0. The maximum Gasteiger partial charge on any atom is 0.393 e. The molecule has 0 bridgehead atoms. The van der Waals surface area contributed by atoms with Crippen LogP contribution in [0.2, 0.25) is 0 Å². The Hall–Kier alpha value is -2.55. The van der Waals surface area contributed by atoms with Gasteiger partial charge in [0.25, 0.3) is 15.9 Å². The number of halogens is 3. The van der Waals surface area contributed by atoms with Crippen LogP contribution in [0.3, 0.4) is 0 Å². The van der Waals surface area contributed by atoms with Gasteiger partial charge < -0.3 is 4.90 Å². The number of rotatable bonds is 3. The lowest BCUT2D eigenvalue weighted by atomic mass is 9.97. The summed E-state index contributed by atoms with van der Waals surface area (Å²) in [6, 6.07) is 12.8. The van der Waals surface area contributed by atoms with E-state index in [4.69, 9.17) is 0 Å². The molecule has 0 unspecified atom stereocenters. The zero-order valence-electron chi connectivity index (χ0n) is 16.1. The summed E-state index contributed by atoms with van der Waals surface area (Å²) < 4.78 is 66.9. The van der Waals surface area contributed by atoms with Crippen LogP contribution in [0, 0.1) is 5.92 Å². The molecule has 0 N–H and O–H groups in total. The number of hydrogen-bond acceptors (Lipinski definition) is 3. The Balaban J connectivity index is 1.59. The average Bonchev–Trinajstić information content (AvgIpc) is 3.18. The van der Waals surface area contributed by atoms with Gasteiger partial charge in [0.05, 0.1) is 16.5 Å². The van der Waals surface area contributed by atoms with E-state index in [1.807, 2.05) is 12.1 Å². The Morgan fingerprint density at radius 2 is 1.80 bits per heavy atom. The molecule has 2 heterocycles. The van der Waals surface area contributed by atoms with E-state index in [1.54, 1.807) is 12.1 Å². The number of nitrogens with zero attached hydrogens (tertiary/aromatic N) is 2. The van der Waals surface area contributed by atoms with Crippen LogP contribution in [0.1, 0.15) is 28.8 Å². The van der Waals surface area contributed by atoms with Crippen molar-refractivity contribution < 1.29 is 26.4 Å². The van der Waals surface area contributed by atoms with Crippen molar-refractivity contribution >= 4 is 21.6 Å². The lowest BCUT2D eigenvalue weighted by molar-refractivity contribution is -0.184. The molecule has 160 valence electrons. The van der Waals surface area contributed by atoms with E-state index in [2.05, 4.69) is 0 Å². The van der Waals surface area contributed by atoms with Crippen molar-refractivity contribution in [2.75, 3.05) is 23.9 Å². The third kappa shape index (κ3) is 3.78. The minimum absolute atomic E-state index is 0.00390. The first-order valence-corrected chi connectivity index (χ1v) is 11.2. The van der Waals surface area contributed by atoms with Crippen LogP contribution in [-0.4, -0.2) is 45.0 Å². The summed E-state index contributed by atoms with van der Waals surface area (Å²) in [4.78, 5) is 13.9. The lowest BCUT2D eigenvalue weighted by Crippen LogP contribution is -2.44. The van der Waals surface area contributed by atoms with Crippen LogP contribution in [0.4, 0.5) is 18.9 Å². The molecule has 0 spiro atoms. The second-order valence-corrected chi connectivity index (χ2v) is 9.48. The normalized spacial score (nSPS) is 19.6. The summed E-state index contributed by atoms with van der Waals surface area (Å²) in [7, 11) is -3.89. The average molecular weight is 438 g/mol. The molecule has 0 saturated carbocycles. The van der Waals surface area contributed by atoms with Crippen molar-refractivity contribution in [3.63, 3.8) is 0 Å². The molecule has 4 rings (SSSR count). The SMILES string of the molecule is O=C(c1cccc(S(=O)(=O)N2CCc3ccccc32)c1)N1CCC[C@H](C(F)(F)F)C1. The Labute approximate surface area is 173 Å². The highest BCUT2D eigenvalue weighted by atomic mass is 32.2. The second kappa shape index (κ2) is 7.61. The van der Waals surface area contributed by atoms with E-state index < -0.39 is 34.6 Å². The van der Waals surface area contributed by atoms with Gasteiger partial charge in [0.1, 0.15) is 0 Å². The molecular weight excluding hydrogens is 417 g/mol. The number of carbonyl (C=O) groups excluding carboxylic acids is 1. The number of hydrogen-bond donors (Lipinski definition) is 0. The highest BCUT2D eigenvalue weighted by Crippen LogP contribution is 2.35. The number of para-hydroxylation sites is 1. The van der Waals surface area contributed by atoms with E-state index in [1.165, 1.54) is 33.5 Å². The van der Waals surface area contributed by atoms with Crippen LogP contribution in [0.5, 0.6) is 0 Å². The van der Waals surface area contributed by atoms with Crippen molar-refractivity contribution in [2.24, 2.45) is 5.92 Å². The first kappa shape index (κ1) is 20.7. The van der Waals surface area contributed by atoms with Crippen molar-refractivity contribution in [3.8, 4) is 0 Å². The molecule has 1 amide bonds. The molecular formula is C21H21F3N2O3S. The zero-order valence-corrected chi connectivity index (χ0v) is 16.9. The number of fused-ring (bicyclic) bond motifs is 1. The predicted octanol–water partition coefficient (Wildman–Crippen LogP) is 3.85. The maximum absolute atomic E-state index is 13.2. The number of benzene rings is 2. The predicted molar refractivity (Wildman–Crippen MR) is 106 cm³/mol. The van der Waals surface area contributed by atoms with E-state index in [0.717, 1.165) is 5.56 Å². The Kier molecular flexibility index (Phi) is 5.25.